The molecule has 1 N–H and O–H groups in total. The van der Waals surface area contributed by atoms with Crippen LogP contribution in [0.2, 0.25) is 0 Å². The second kappa shape index (κ2) is 6.87. The van der Waals surface area contributed by atoms with Crippen molar-refractivity contribution in [1.29, 1.82) is 0 Å². The molecule has 0 saturated heterocycles. The van der Waals surface area contributed by atoms with Crippen LogP contribution in [0.5, 0.6) is 0 Å². The lowest BCUT2D eigenvalue weighted by Gasteiger charge is -2.17. The van der Waals surface area contributed by atoms with E-state index in [-0.39, 0.29) is 0 Å². The van der Waals surface area contributed by atoms with Crippen LogP contribution in [0.25, 0.3) is 0 Å². The van der Waals surface area contributed by atoms with E-state index >= 15 is 0 Å². The summed E-state index contributed by atoms with van der Waals surface area (Å²) in [5, 5.41) is 12.6. The van der Waals surface area contributed by atoms with E-state index in [1.54, 1.807) is 11.3 Å². The minimum atomic E-state index is 0.395. The molecule has 0 aromatic carbocycles. The van der Waals surface area contributed by atoms with E-state index in [1.165, 1.54) is 17.0 Å². The molecule has 3 nitrogen and oxygen atoms in total. The lowest BCUT2D eigenvalue weighted by atomic mass is 10.0. The van der Waals surface area contributed by atoms with Crippen LogP contribution in [0.4, 0.5) is 0 Å². The Labute approximate surface area is 119 Å². The molecule has 4 heteroatoms. The summed E-state index contributed by atoms with van der Waals surface area (Å²) in [6.45, 7) is 5.41. The van der Waals surface area contributed by atoms with Crippen molar-refractivity contribution in [2.24, 2.45) is 7.05 Å². The van der Waals surface area contributed by atoms with Gasteiger partial charge in [-0.25, -0.2) is 0 Å². The van der Waals surface area contributed by atoms with Crippen LogP contribution in [-0.2, 0) is 19.9 Å². The minimum Gasteiger partial charge on any atom is -0.310 e. The molecule has 0 radical (unpaired) electrons. The normalized spacial score (nSPS) is 12.8. The first-order valence-electron chi connectivity index (χ1n) is 7.01. The number of aryl methyl sites for hydroxylation is 2. The lowest BCUT2D eigenvalue weighted by Crippen LogP contribution is -2.24. The fourth-order valence-electron chi connectivity index (χ4n) is 2.24. The van der Waals surface area contributed by atoms with Gasteiger partial charge in [0, 0.05) is 25.2 Å². The second-order valence-corrected chi connectivity index (χ2v) is 5.65. The highest BCUT2D eigenvalue weighted by Gasteiger charge is 2.14. The van der Waals surface area contributed by atoms with Crippen molar-refractivity contribution in [3.63, 3.8) is 0 Å². The quantitative estimate of drug-likeness (QED) is 0.841. The summed E-state index contributed by atoms with van der Waals surface area (Å²) >= 11 is 1.76. The van der Waals surface area contributed by atoms with Crippen LogP contribution in [0.15, 0.2) is 22.9 Å². The zero-order chi connectivity index (χ0) is 13.7. The largest absolute Gasteiger partial charge is 0.310 e. The summed E-state index contributed by atoms with van der Waals surface area (Å²) < 4.78 is 2.02. The molecular weight excluding hydrogens is 254 g/mol. The highest BCUT2D eigenvalue weighted by Crippen LogP contribution is 2.21. The van der Waals surface area contributed by atoms with Gasteiger partial charge in [0.25, 0.3) is 0 Å². The third-order valence-electron chi connectivity index (χ3n) is 3.39. The standard InChI is InChI=1S/C15H23N3S/c1-4-7-16-15(12-6-8-19-11-12)10-14-9-13(5-2)17-18(14)3/h6,8-9,11,15-16H,4-5,7,10H2,1-3H3. The summed E-state index contributed by atoms with van der Waals surface area (Å²) in [6, 6.07) is 4.84. The highest BCUT2D eigenvalue weighted by molar-refractivity contribution is 7.07. The molecular formula is C15H23N3S. The van der Waals surface area contributed by atoms with Gasteiger partial charge in [-0.15, -0.1) is 0 Å². The number of hydrogen-bond acceptors (Lipinski definition) is 3. The first-order valence-corrected chi connectivity index (χ1v) is 7.96. The molecule has 104 valence electrons. The van der Waals surface area contributed by atoms with Crippen molar-refractivity contribution < 1.29 is 0 Å². The molecule has 0 aliphatic heterocycles. The van der Waals surface area contributed by atoms with Crippen molar-refractivity contribution >= 4 is 11.3 Å². The van der Waals surface area contributed by atoms with Crippen LogP contribution in [0.3, 0.4) is 0 Å². The van der Waals surface area contributed by atoms with E-state index in [9.17, 15) is 0 Å². The van der Waals surface area contributed by atoms with Crippen molar-refractivity contribution in [2.75, 3.05) is 6.54 Å². The van der Waals surface area contributed by atoms with Gasteiger partial charge in [0.15, 0.2) is 0 Å². The molecule has 2 aromatic rings. The van der Waals surface area contributed by atoms with Crippen molar-refractivity contribution in [3.8, 4) is 0 Å². The van der Waals surface area contributed by atoms with Gasteiger partial charge < -0.3 is 5.32 Å². The maximum absolute atomic E-state index is 4.54. The average Bonchev–Trinajstić information content (AvgIpc) is 3.04. The zero-order valence-corrected chi connectivity index (χ0v) is 12.8. The van der Waals surface area contributed by atoms with Gasteiger partial charge in [0.2, 0.25) is 0 Å². The number of rotatable bonds is 7. The van der Waals surface area contributed by atoms with Crippen LogP contribution in [-0.4, -0.2) is 16.3 Å². The molecule has 2 rings (SSSR count). The number of thiophene rings is 1. The predicted octanol–water partition coefficient (Wildman–Crippen LogP) is 3.33. The summed E-state index contributed by atoms with van der Waals surface area (Å²) in [6.07, 6.45) is 3.16. The van der Waals surface area contributed by atoms with E-state index in [4.69, 9.17) is 0 Å². The Hall–Kier alpha value is -1.13. The molecule has 0 aliphatic rings. The smallest absolute Gasteiger partial charge is 0.0624 e. The number of nitrogens with one attached hydrogen (secondary N) is 1. The highest BCUT2D eigenvalue weighted by atomic mass is 32.1. The first kappa shape index (κ1) is 14.3. The fraction of sp³-hybridized carbons (Fsp3) is 0.533. The Kier molecular flexibility index (Phi) is 5.16. The number of hydrogen-bond donors (Lipinski definition) is 1. The topological polar surface area (TPSA) is 29.9 Å². The number of nitrogens with zero attached hydrogens (tertiary/aromatic N) is 2. The van der Waals surface area contributed by atoms with Crippen molar-refractivity contribution in [2.45, 2.75) is 39.2 Å². The van der Waals surface area contributed by atoms with E-state index in [0.29, 0.717) is 6.04 Å². The third-order valence-corrected chi connectivity index (χ3v) is 4.09. The van der Waals surface area contributed by atoms with Crippen LogP contribution in [0.1, 0.15) is 43.3 Å². The number of aromatic nitrogens is 2. The Morgan fingerprint density at radius 3 is 2.84 bits per heavy atom. The minimum absolute atomic E-state index is 0.395. The van der Waals surface area contributed by atoms with Gasteiger partial charge in [0.05, 0.1) is 5.69 Å². The lowest BCUT2D eigenvalue weighted by molar-refractivity contribution is 0.513. The van der Waals surface area contributed by atoms with E-state index < -0.39 is 0 Å². The Morgan fingerprint density at radius 1 is 1.42 bits per heavy atom. The molecule has 0 amide bonds. The predicted molar refractivity (Wildman–Crippen MR) is 81.6 cm³/mol. The molecule has 19 heavy (non-hydrogen) atoms. The molecule has 2 aromatic heterocycles. The Bertz CT molecular complexity index is 487. The molecule has 1 atom stereocenters. The Balaban J connectivity index is 2.12. The SMILES string of the molecule is CCCNC(Cc1cc(CC)nn1C)c1ccsc1. The third kappa shape index (κ3) is 3.67. The summed E-state index contributed by atoms with van der Waals surface area (Å²) in [5.41, 5.74) is 3.87. The van der Waals surface area contributed by atoms with Gasteiger partial charge >= 0.3 is 0 Å². The van der Waals surface area contributed by atoms with Crippen LogP contribution < -0.4 is 5.32 Å². The van der Waals surface area contributed by atoms with Crippen molar-refractivity contribution in [1.82, 2.24) is 15.1 Å². The second-order valence-electron chi connectivity index (χ2n) is 4.87. The summed E-state index contributed by atoms with van der Waals surface area (Å²) in [7, 11) is 2.04. The molecule has 0 spiro atoms. The van der Waals surface area contributed by atoms with E-state index in [0.717, 1.165) is 25.8 Å². The summed E-state index contributed by atoms with van der Waals surface area (Å²) in [5.74, 6) is 0. The zero-order valence-electron chi connectivity index (χ0n) is 12.0. The molecule has 0 aliphatic carbocycles. The first-order chi connectivity index (χ1) is 9.24. The molecule has 0 saturated carbocycles. The van der Waals surface area contributed by atoms with Gasteiger partial charge in [-0.2, -0.15) is 16.4 Å². The fourth-order valence-corrected chi connectivity index (χ4v) is 2.96. The van der Waals surface area contributed by atoms with Gasteiger partial charge in [0.1, 0.15) is 0 Å². The molecule has 2 heterocycles. The maximum Gasteiger partial charge on any atom is 0.0624 e. The van der Waals surface area contributed by atoms with Gasteiger partial charge in [-0.3, -0.25) is 4.68 Å². The van der Waals surface area contributed by atoms with Crippen molar-refractivity contribution in [3.05, 3.63) is 39.8 Å². The van der Waals surface area contributed by atoms with E-state index in [2.05, 4.69) is 47.2 Å². The van der Waals surface area contributed by atoms with Crippen LogP contribution in [0, 0.1) is 0 Å². The molecule has 1 unspecified atom stereocenters. The summed E-state index contributed by atoms with van der Waals surface area (Å²) in [4.78, 5) is 0. The monoisotopic (exact) mass is 277 g/mol. The molecule has 0 fully saturated rings. The van der Waals surface area contributed by atoms with E-state index in [1.807, 2.05) is 11.7 Å². The average molecular weight is 277 g/mol. The van der Waals surface area contributed by atoms with Gasteiger partial charge in [-0.05, 0) is 47.8 Å². The maximum atomic E-state index is 4.54. The molecule has 0 bridgehead atoms. The van der Waals surface area contributed by atoms with Crippen LogP contribution >= 0.6 is 11.3 Å². The Morgan fingerprint density at radius 2 is 2.26 bits per heavy atom. The van der Waals surface area contributed by atoms with Gasteiger partial charge in [-0.1, -0.05) is 13.8 Å².